The summed E-state index contributed by atoms with van der Waals surface area (Å²) in [7, 11) is -3.95. The quantitative estimate of drug-likeness (QED) is 0.663. The molecule has 0 heterocycles. The Morgan fingerprint density at radius 1 is 1.22 bits per heavy atom. The number of carboxylic acid groups (broad SMARTS) is 1. The van der Waals surface area contributed by atoms with Crippen molar-refractivity contribution in [3.05, 3.63) is 69.3 Å². The van der Waals surface area contributed by atoms with E-state index in [-0.39, 0.29) is 21.7 Å². The predicted octanol–water partition coefficient (Wildman–Crippen LogP) is 2.58. The molecule has 0 unspecified atom stereocenters. The summed E-state index contributed by atoms with van der Waals surface area (Å²) in [6, 6.07) is 9.27. The summed E-state index contributed by atoms with van der Waals surface area (Å²) in [5.41, 5.74) is 0.309. The lowest BCUT2D eigenvalue weighted by molar-refractivity contribution is -0.384. The molecule has 23 heavy (non-hydrogen) atoms. The summed E-state index contributed by atoms with van der Waals surface area (Å²) in [4.78, 5) is 21.1. The maximum Gasteiger partial charge on any atom is 0.337 e. The average Bonchev–Trinajstić information content (AvgIpc) is 2.46. The molecular formula is C15H13NO6S. The molecule has 2 rings (SSSR count). The molecule has 0 fully saturated rings. The van der Waals surface area contributed by atoms with Crippen LogP contribution in [-0.4, -0.2) is 24.4 Å². The van der Waals surface area contributed by atoms with E-state index in [4.69, 9.17) is 0 Å². The molecule has 0 aliphatic heterocycles. The second-order valence-electron chi connectivity index (χ2n) is 4.99. The smallest absolute Gasteiger partial charge is 0.337 e. The van der Waals surface area contributed by atoms with E-state index in [1.165, 1.54) is 36.4 Å². The Kier molecular flexibility index (Phi) is 4.46. The summed E-state index contributed by atoms with van der Waals surface area (Å²) in [5.74, 6) is -1.86. The first-order valence-corrected chi connectivity index (χ1v) is 8.16. The first kappa shape index (κ1) is 16.6. The van der Waals surface area contributed by atoms with Gasteiger partial charge in [-0.1, -0.05) is 23.8 Å². The van der Waals surface area contributed by atoms with Gasteiger partial charge in [0.15, 0.2) is 9.84 Å². The largest absolute Gasteiger partial charge is 0.478 e. The predicted molar refractivity (Wildman–Crippen MR) is 82.1 cm³/mol. The number of sulfone groups is 1. The Morgan fingerprint density at radius 3 is 2.52 bits per heavy atom. The fourth-order valence-corrected chi connectivity index (χ4v) is 3.67. The maximum absolute atomic E-state index is 12.5. The molecule has 120 valence electrons. The van der Waals surface area contributed by atoms with Gasteiger partial charge in [0.25, 0.3) is 5.69 Å². The third kappa shape index (κ3) is 3.72. The van der Waals surface area contributed by atoms with Gasteiger partial charge in [-0.3, -0.25) is 10.1 Å². The van der Waals surface area contributed by atoms with Gasteiger partial charge in [-0.25, -0.2) is 13.2 Å². The second kappa shape index (κ2) is 6.17. The molecule has 0 aliphatic rings. The van der Waals surface area contributed by atoms with Gasteiger partial charge in [0.1, 0.15) is 0 Å². The Balaban J connectivity index is 2.46. The lowest BCUT2D eigenvalue weighted by Gasteiger charge is -2.09. The van der Waals surface area contributed by atoms with E-state index < -0.39 is 26.5 Å². The van der Waals surface area contributed by atoms with Crippen LogP contribution in [0, 0.1) is 17.0 Å². The number of aromatic carboxylic acids is 1. The zero-order chi connectivity index (χ0) is 17.2. The van der Waals surface area contributed by atoms with Crippen molar-refractivity contribution in [3.8, 4) is 0 Å². The molecule has 2 aromatic carbocycles. The van der Waals surface area contributed by atoms with Crippen LogP contribution in [0.2, 0.25) is 0 Å². The van der Waals surface area contributed by atoms with E-state index in [0.717, 1.165) is 6.07 Å². The highest BCUT2D eigenvalue weighted by Gasteiger charge is 2.23. The van der Waals surface area contributed by atoms with Crippen molar-refractivity contribution < 1.29 is 23.2 Å². The molecule has 0 amide bonds. The molecule has 1 N–H and O–H groups in total. The number of rotatable bonds is 5. The zero-order valence-electron chi connectivity index (χ0n) is 12.1. The molecule has 0 saturated heterocycles. The lowest BCUT2D eigenvalue weighted by atomic mass is 10.1. The van der Waals surface area contributed by atoms with Crippen LogP contribution in [0.5, 0.6) is 0 Å². The molecule has 0 saturated carbocycles. The van der Waals surface area contributed by atoms with Crippen molar-refractivity contribution in [3.63, 3.8) is 0 Å². The Morgan fingerprint density at radius 2 is 1.91 bits per heavy atom. The molecule has 2 aromatic rings. The van der Waals surface area contributed by atoms with Crippen LogP contribution in [-0.2, 0) is 15.6 Å². The Labute approximate surface area is 132 Å². The molecule has 0 spiro atoms. The Hall–Kier alpha value is -2.74. The van der Waals surface area contributed by atoms with Gasteiger partial charge in [-0.15, -0.1) is 0 Å². The van der Waals surface area contributed by atoms with Crippen molar-refractivity contribution >= 4 is 21.5 Å². The summed E-state index contributed by atoms with van der Waals surface area (Å²) in [6.07, 6.45) is 0. The van der Waals surface area contributed by atoms with E-state index in [2.05, 4.69) is 0 Å². The van der Waals surface area contributed by atoms with Crippen LogP contribution in [0.4, 0.5) is 5.69 Å². The van der Waals surface area contributed by atoms with Crippen molar-refractivity contribution in [2.24, 2.45) is 0 Å². The van der Waals surface area contributed by atoms with Crippen LogP contribution in [0.1, 0.15) is 21.5 Å². The highest BCUT2D eigenvalue weighted by atomic mass is 32.2. The first-order valence-electron chi connectivity index (χ1n) is 6.51. The summed E-state index contributed by atoms with van der Waals surface area (Å²) >= 11 is 0. The van der Waals surface area contributed by atoms with Crippen molar-refractivity contribution in [1.82, 2.24) is 0 Å². The summed E-state index contributed by atoms with van der Waals surface area (Å²) in [5, 5.41) is 19.9. The van der Waals surface area contributed by atoms with Gasteiger partial charge in [0.05, 0.1) is 21.1 Å². The molecular weight excluding hydrogens is 322 g/mol. The number of nitro benzene ring substituents is 1. The molecule has 0 aliphatic carbocycles. The molecule has 0 radical (unpaired) electrons. The van der Waals surface area contributed by atoms with Crippen LogP contribution < -0.4 is 0 Å². The maximum atomic E-state index is 12.5. The van der Waals surface area contributed by atoms with Crippen molar-refractivity contribution in [2.75, 3.05) is 0 Å². The average molecular weight is 335 g/mol. The molecule has 0 bridgehead atoms. The van der Waals surface area contributed by atoms with Gasteiger partial charge >= 0.3 is 5.97 Å². The van der Waals surface area contributed by atoms with Crippen LogP contribution in [0.25, 0.3) is 0 Å². The van der Waals surface area contributed by atoms with Crippen LogP contribution >= 0.6 is 0 Å². The number of hydrogen-bond acceptors (Lipinski definition) is 5. The zero-order valence-corrected chi connectivity index (χ0v) is 12.9. The number of carboxylic acids is 1. The van der Waals surface area contributed by atoms with Gasteiger partial charge in [-0.05, 0) is 24.6 Å². The number of aryl methyl sites for hydroxylation is 1. The minimum Gasteiger partial charge on any atom is -0.478 e. The number of benzene rings is 2. The second-order valence-corrected chi connectivity index (χ2v) is 6.95. The molecule has 7 nitrogen and oxygen atoms in total. The first-order chi connectivity index (χ1) is 10.7. The summed E-state index contributed by atoms with van der Waals surface area (Å²) in [6.45, 7) is 1.66. The van der Waals surface area contributed by atoms with Gasteiger partial charge in [0.2, 0.25) is 0 Å². The van der Waals surface area contributed by atoms with Crippen LogP contribution in [0.15, 0.2) is 47.4 Å². The highest BCUT2D eigenvalue weighted by molar-refractivity contribution is 7.90. The van der Waals surface area contributed by atoms with Crippen molar-refractivity contribution in [2.45, 2.75) is 17.6 Å². The molecule has 8 heteroatoms. The number of nitro groups is 1. The number of non-ortho nitro benzene ring substituents is 1. The third-order valence-corrected chi connectivity index (χ3v) is 4.92. The number of hydrogen-bond donors (Lipinski definition) is 1. The van der Waals surface area contributed by atoms with E-state index in [0.29, 0.717) is 5.56 Å². The van der Waals surface area contributed by atoms with Gasteiger partial charge in [-0.2, -0.15) is 0 Å². The van der Waals surface area contributed by atoms with E-state index >= 15 is 0 Å². The number of carbonyl (C=O) groups is 1. The fourth-order valence-electron chi connectivity index (χ4n) is 2.14. The molecule has 0 atom stereocenters. The monoisotopic (exact) mass is 335 g/mol. The SMILES string of the molecule is Cc1ccc(S(=O)(=O)Cc2cccc([N+](=O)[O-])c2)c(C(=O)O)c1. The Bertz CT molecular complexity index is 889. The van der Waals surface area contributed by atoms with Crippen molar-refractivity contribution in [1.29, 1.82) is 0 Å². The standard InChI is InChI=1S/C15H13NO6S/c1-10-5-6-14(13(7-10)15(17)18)23(21,22)9-11-3-2-4-12(8-11)16(19)20/h2-8H,9H2,1H3,(H,17,18). The van der Waals surface area contributed by atoms with E-state index in [1.807, 2.05) is 0 Å². The minimum absolute atomic E-state index is 0.219. The number of nitrogens with zero attached hydrogens (tertiary/aromatic N) is 1. The third-order valence-electron chi connectivity index (χ3n) is 3.18. The fraction of sp³-hybridized carbons (Fsp3) is 0.133. The summed E-state index contributed by atoms with van der Waals surface area (Å²) < 4.78 is 25.0. The van der Waals surface area contributed by atoms with Gasteiger partial charge < -0.3 is 5.11 Å². The van der Waals surface area contributed by atoms with E-state index in [1.54, 1.807) is 6.92 Å². The van der Waals surface area contributed by atoms with Gasteiger partial charge in [0, 0.05) is 12.1 Å². The lowest BCUT2D eigenvalue weighted by Crippen LogP contribution is -2.11. The topological polar surface area (TPSA) is 115 Å². The normalized spacial score (nSPS) is 11.2. The van der Waals surface area contributed by atoms with E-state index in [9.17, 15) is 28.4 Å². The highest BCUT2D eigenvalue weighted by Crippen LogP contribution is 2.23. The molecule has 0 aromatic heterocycles. The minimum atomic E-state index is -3.95. The van der Waals surface area contributed by atoms with Crippen LogP contribution in [0.3, 0.4) is 0 Å².